The van der Waals surface area contributed by atoms with Crippen molar-refractivity contribution in [2.45, 2.75) is 31.8 Å². The average Bonchev–Trinajstić information content (AvgIpc) is 2.74. The predicted octanol–water partition coefficient (Wildman–Crippen LogP) is -1.40. The Morgan fingerprint density at radius 2 is 2.19 bits per heavy atom. The Hall–Kier alpha value is -1.29. The first kappa shape index (κ1) is 16.1. The summed E-state index contributed by atoms with van der Waals surface area (Å²) in [7, 11) is -4.75. The van der Waals surface area contributed by atoms with Crippen LogP contribution in [0.4, 0.5) is 0 Å². The van der Waals surface area contributed by atoms with Gasteiger partial charge in [0.15, 0.2) is 0 Å². The van der Waals surface area contributed by atoms with Gasteiger partial charge in [0, 0.05) is 18.2 Å². The van der Waals surface area contributed by atoms with Gasteiger partial charge < -0.3 is 19.6 Å². The maximum atomic E-state index is 11.7. The number of phosphoric ester groups is 1. The van der Waals surface area contributed by atoms with E-state index in [-0.39, 0.29) is 12.0 Å². The molecule has 1 saturated heterocycles. The molecule has 0 aromatic carbocycles. The van der Waals surface area contributed by atoms with E-state index in [2.05, 4.69) is 9.51 Å². The van der Waals surface area contributed by atoms with Gasteiger partial charge in [0.25, 0.3) is 5.56 Å². The first-order valence-corrected chi connectivity index (χ1v) is 7.56. The summed E-state index contributed by atoms with van der Waals surface area (Å²) in [5, 5.41) is 9.16. The summed E-state index contributed by atoms with van der Waals surface area (Å²) in [5.74, 6) is 0. The van der Waals surface area contributed by atoms with Gasteiger partial charge in [-0.15, -0.1) is 0 Å². The van der Waals surface area contributed by atoms with Gasteiger partial charge in [0.05, 0.1) is 6.61 Å². The molecule has 0 amide bonds. The summed E-state index contributed by atoms with van der Waals surface area (Å²) in [6, 6.07) is 0. The monoisotopic (exact) mass is 322 g/mol. The third-order valence-electron chi connectivity index (χ3n) is 3.09. The van der Waals surface area contributed by atoms with Crippen LogP contribution in [0.15, 0.2) is 15.8 Å². The lowest BCUT2D eigenvalue weighted by Crippen LogP contribution is -2.33. The highest BCUT2D eigenvalue weighted by Gasteiger charge is 2.40. The highest BCUT2D eigenvalue weighted by Crippen LogP contribution is 2.43. The van der Waals surface area contributed by atoms with Crippen LogP contribution >= 0.6 is 7.82 Å². The maximum absolute atomic E-state index is 11.7. The Balaban J connectivity index is 2.27. The minimum atomic E-state index is -4.75. The third-order valence-corrected chi connectivity index (χ3v) is 3.63. The summed E-state index contributed by atoms with van der Waals surface area (Å²) < 4.78 is 21.9. The molecule has 4 N–H and O–H groups in total. The molecule has 0 saturated carbocycles. The van der Waals surface area contributed by atoms with Crippen molar-refractivity contribution in [1.82, 2.24) is 9.55 Å². The molecular weight excluding hydrogens is 307 g/mol. The molecule has 118 valence electrons. The maximum Gasteiger partial charge on any atom is 0.469 e. The molecule has 1 fully saturated rings. The van der Waals surface area contributed by atoms with E-state index in [0.717, 1.165) is 4.57 Å². The number of aliphatic hydroxyl groups excluding tert-OH is 1. The number of aromatic nitrogens is 2. The summed E-state index contributed by atoms with van der Waals surface area (Å²) in [5.41, 5.74) is -0.974. The zero-order valence-electron chi connectivity index (χ0n) is 11.0. The van der Waals surface area contributed by atoms with Gasteiger partial charge in [0.1, 0.15) is 18.4 Å². The zero-order valence-corrected chi connectivity index (χ0v) is 11.9. The molecule has 1 aliphatic rings. The highest BCUT2D eigenvalue weighted by molar-refractivity contribution is 7.46. The number of nitrogens with one attached hydrogen (secondary N) is 1. The fourth-order valence-electron chi connectivity index (χ4n) is 2.12. The second-order valence-electron chi connectivity index (χ2n) is 4.66. The summed E-state index contributed by atoms with van der Waals surface area (Å²) in [6.45, 7) is 0.967. The molecule has 0 unspecified atom stereocenters. The molecule has 0 aliphatic carbocycles. The molecule has 1 aromatic rings. The van der Waals surface area contributed by atoms with Gasteiger partial charge in [-0.1, -0.05) is 0 Å². The number of hydrogen-bond donors (Lipinski definition) is 4. The van der Waals surface area contributed by atoms with Crippen molar-refractivity contribution in [2.24, 2.45) is 0 Å². The van der Waals surface area contributed by atoms with Crippen molar-refractivity contribution >= 4 is 7.82 Å². The van der Waals surface area contributed by atoms with Crippen molar-refractivity contribution in [3.8, 4) is 0 Å². The van der Waals surface area contributed by atoms with Gasteiger partial charge in [-0.2, -0.15) is 0 Å². The van der Waals surface area contributed by atoms with Crippen LogP contribution in [0.2, 0.25) is 0 Å². The molecule has 11 heteroatoms. The van der Waals surface area contributed by atoms with E-state index in [1.807, 2.05) is 0 Å². The van der Waals surface area contributed by atoms with E-state index >= 15 is 0 Å². The van der Waals surface area contributed by atoms with Crippen LogP contribution in [0.3, 0.4) is 0 Å². The van der Waals surface area contributed by atoms with Crippen LogP contribution < -0.4 is 11.2 Å². The molecule has 10 nitrogen and oxygen atoms in total. The SMILES string of the molecule is Cc1cn([C@@H]2C[C@H](OP(=O)(O)O)[C@H](CO)O2)c(=O)[nH]c1=O. The van der Waals surface area contributed by atoms with E-state index in [0.29, 0.717) is 0 Å². The zero-order chi connectivity index (χ0) is 15.8. The lowest BCUT2D eigenvalue weighted by molar-refractivity contribution is -0.0453. The van der Waals surface area contributed by atoms with Crippen LogP contribution in [0, 0.1) is 6.92 Å². The predicted molar refractivity (Wildman–Crippen MR) is 68.6 cm³/mol. The third kappa shape index (κ3) is 3.67. The number of rotatable bonds is 4. The molecule has 1 aromatic heterocycles. The summed E-state index contributed by atoms with van der Waals surface area (Å²) in [4.78, 5) is 42.8. The molecule has 0 bridgehead atoms. The Labute approximate surface area is 118 Å². The molecule has 2 heterocycles. The van der Waals surface area contributed by atoms with Gasteiger partial charge in [0.2, 0.25) is 0 Å². The number of aromatic amines is 1. The smallest absolute Gasteiger partial charge is 0.394 e. The molecule has 1 aliphatic heterocycles. The van der Waals surface area contributed by atoms with Crippen molar-refractivity contribution in [2.75, 3.05) is 6.61 Å². The van der Waals surface area contributed by atoms with Crippen LogP contribution in [0.1, 0.15) is 18.2 Å². The number of hydrogen-bond acceptors (Lipinski definition) is 6. The Kier molecular flexibility index (Phi) is 4.47. The number of aliphatic hydroxyl groups is 1. The first-order valence-electron chi connectivity index (χ1n) is 6.03. The number of nitrogens with zero attached hydrogens (tertiary/aromatic N) is 1. The van der Waals surface area contributed by atoms with Gasteiger partial charge in [-0.3, -0.25) is 18.9 Å². The van der Waals surface area contributed by atoms with Gasteiger partial charge in [-0.05, 0) is 6.92 Å². The van der Waals surface area contributed by atoms with Crippen molar-refractivity contribution in [3.63, 3.8) is 0 Å². The van der Waals surface area contributed by atoms with E-state index in [1.165, 1.54) is 13.1 Å². The van der Waals surface area contributed by atoms with Crippen molar-refractivity contribution in [1.29, 1.82) is 0 Å². The number of ether oxygens (including phenoxy) is 1. The van der Waals surface area contributed by atoms with Gasteiger partial charge in [-0.25, -0.2) is 9.36 Å². The van der Waals surface area contributed by atoms with Crippen LogP contribution in [-0.4, -0.2) is 43.3 Å². The molecule has 21 heavy (non-hydrogen) atoms. The lowest BCUT2D eigenvalue weighted by atomic mass is 10.2. The summed E-state index contributed by atoms with van der Waals surface area (Å²) >= 11 is 0. The fourth-order valence-corrected chi connectivity index (χ4v) is 2.70. The molecular formula is C10H15N2O8P. The van der Waals surface area contributed by atoms with Gasteiger partial charge >= 0.3 is 13.5 Å². The van der Waals surface area contributed by atoms with Crippen molar-refractivity contribution < 1.29 is 28.7 Å². The molecule has 2 rings (SSSR count). The normalized spacial score (nSPS) is 26.2. The number of H-pyrrole nitrogens is 1. The molecule has 0 radical (unpaired) electrons. The number of phosphoric acid groups is 1. The lowest BCUT2D eigenvalue weighted by Gasteiger charge is -2.16. The second-order valence-corrected chi connectivity index (χ2v) is 5.85. The Morgan fingerprint density at radius 1 is 1.52 bits per heavy atom. The van der Waals surface area contributed by atoms with Crippen LogP contribution in [-0.2, 0) is 13.8 Å². The van der Waals surface area contributed by atoms with E-state index in [4.69, 9.17) is 19.6 Å². The first-order chi connectivity index (χ1) is 9.71. The quantitative estimate of drug-likeness (QED) is 0.494. The molecule has 3 atom stereocenters. The minimum absolute atomic E-state index is 0.0538. The highest BCUT2D eigenvalue weighted by atomic mass is 31.2. The van der Waals surface area contributed by atoms with Crippen LogP contribution in [0.5, 0.6) is 0 Å². The number of aryl methyl sites for hydroxylation is 1. The topological polar surface area (TPSA) is 151 Å². The van der Waals surface area contributed by atoms with E-state index in [1.54, 1.807) is 0 Å². The van der Waals surface area contributed by atoms with E-state index < -0.39 is 44.1 Å². The van der Waals surface area contributed by atoms with E-state index in [9.17, 15) is 14.2 Å². The minimum Gasteiger partial charge on any atom is -0.394 e. The Morgan fingerprint density at radius 3 is 2.76 bits per heavy atom. The average molecular weight is 322 g/mol. The molecule has 0 spiro atoms. The largest absolute Gasteiger partial charge is 0.469 e. The second kappa shape index (κ2) is 5.84. The van der Waals surface area contributed by atoms with Crippen molar-refractivity contribution in [3.05, 3.63) is 32.6 Å². The summed E-state index contributed by atoms with van der Waals surface area (Å²) in [6.07, 6.45) is -1.73. The standard InChI is InChI=1S/C10H15N2O8P/c1-5-3-12(10(15)11-9(5)14)8-2-6(7(4-13)19-8)20-21(16,17)18/h3,6-8,13H,2,4H2,1H3,(H,11,14,15)(H2,16,17,18)/t6-,7-,8-/m0/s1. The Bertz CT molecular complexity index is 676. The van der Waals surface area contributed by atoms with Crippen LogP contribution in [0.25, 0.3) is 0 Å². The fraction of sp³-hybridized carbons (Fsp3) is 0.600.